The van der Waals surface area contributed by atoms with E-state index in [4.69, 9.17) is 15.9 Å². The van der Waals surface area contributed by atoms with Crippen molar-refractivity contribution in [1.29, 1.82) is 5.41 Å². The van der Waals surface area contributed by atoms with Gasteiger partial charge in [0.25, 0.3) is 0 Å². The van der Waals surface area contributed by atoms with Crippen LogP contribution in [0, 0.1) is 5.41 Å². The van der Waals surface area contributed by atoms with Gasteiger partial charge in [0.05, 0.1) is 13.3 Å². The molecule has 6 heteroatoms. The first-order valence-corrected chi connectivity index (χ1v) is 6.59. The van der Waals surface area contributed by atoms with E-state index in [1.165, 1.54) is 0 Å². The minimum absolute atomic E-state index is 0.0494. The lowest BCUT2D eigenvalue weighted by atomic mass is 10.1. The molecular weight excluding hydrogens is 260 g/mol. The van der Waals surface area contributed by atoms with Gasteiger partial charge in [-0.15, -0.1) is 0 Å². The smallest absolute Gasteiger partial charge is 0.122 e. The van der Waals surface area contributed by atoms with Gasteiger partial charge in [-0.05, 0) is 18.2 Å². The first kappa shape index (κ1) is 13.4. The molecular formula is C13H14N4OS. The van der Waals surface area contributed by atoms with Gasteiger partial charge in [-0.2, -0.15) is 0 Å². The molecule has 0 aliphatic heterocycles. The third-order valence-corrected chi connectivity index (χ3v) is 3.47. The second kappa shape index (κ2) is 6.19. The van der Waals surface area contributed by atoms with Crippen LogP contribution in [0.25, 0.3) is 0 Å². The number of ether oxygens (including phenoxy) is 1. The number of benzene rings is 1. The van der Waals surface area contributed by atoms with Gasteiger partial charge in [0.1, 0.15) is 16.6 Å². The van der Waals surface area contributed by atoms with Gasteiger partial charge in [0, 0.05) is 29.3 Å². The van der Waals surface area contributed by atoms with E-state index in [0.29, 0.717) is 11.3 Å². The maximum absolute atomic E-state index is 7.46. The maximum Gasteiger partial charge on any atom is 0.122 e. The van der Waals surface area contributed by atoms with Crippen LogP contribution < -0.4 is 10.5 Å². The summed E-state index contributed by atoms with van der Waals surface area (Å²) in [7, 11) is 1.62. The van der Waals surface area contributed by atoms with Crippen LogP contribution in [0.3, 0.4) is 0 Å². The monoisotopic (exact) mass is 274 g/mol. The van der Waals surface area contributed by atoms with Crippen molar-refractivity contribution in [2.75, 3.05) is 7.11 Å². The topological polar surface area (TPSA) is 84.9 Å². The van der Waals surface area contributed by atoms with Crippen molar-refractivity contribution >= 4 is 17.6 Å². The van der Waals surface area contributed by atoms with Gasteiger partial charge in [0.15, 0.2) is 0 Å². The Kier molecular flexibility index (Phi) is 4.35. The highest BCUT2D eigenvalue weighted by atomic mass is 32.2. The lowest BCUT2D eigenvalue weighted by Crippen LogP contribution is -2.11. The fourth-order valence-electron chi connectivity index (χ4n) is 1.57. The molecule has 1 heterocycles. The Balaban J connectivity index is 2.18. The Bertz CT molecular complexity index is 574. The number of nitrogens with one attached hydrogen (secondary N) is 1. The van der Waals surface area contributed by atoms with E-state index in [2.05, 4.69) is 9.97 Å². The summed E-state index contributed by atoms with van der Waals surface area (Å²) in [5, 5.41) is 8.31. The quantitative estimate of drug-likeness (QED) is 0.495. The van der Waals surface area contributed by atoms with E-state index in [0.717, 1.165) is 16.3 Å². The third kappa shape index (κ3) is 3.45. The van der Waals surface area contributed by atoms with Crippen molar-refractivity contribution in [3.8, 4) is 5.75 Å². The number of nitrogen functional groups attached to an aromatic ring is 1. The van der Waals surface area contributed by atoms with Crippen LogP contribution in [0.4, 0.5) is 0 Å². The van der Waals surface area contributed by atoms with Crippen LogP contribution in [0.5, 0.6) is 5.75 Å². The molecule has 3 N–H and O–H groups in total. The van der Waals surface area contributed by atoms with Crippen LogP contribution in [-0.2, 0) is 5.75 Å². The molecule has 19 heavy (non-hydrogen) atoms. The Morgan fingerprint density at radius 2 is 2.26 bits per heavy atom. The van der Waals surface area contributed by atoms with Crippen LogP contribution in [-0.4, -0.2) is 22.9 Å². The van der Waals surface area contributed by atoms with Gasteiger partial charge in [-0.25, -0.2) is 4.98 Å². The largest absolute Gasteiger partial charge is 0.496 e. The van der Waals surface area contributed by atoms with E-state index < -0.39 is 0 Å². The van der Waals surface area contributed by atoms with E-state index in [9.17, 15) is 0 Å². The Morgan fingerprint density at radius 1 is 1.42 bits per heavy atom. The zero-order chi connectivity index (χ0) is 13.7. The van der Waals surface area contributed by atoms with Crippen LogP contribution in [0.2, 0.25) is 0 Å². The van der Waals surface area contributed by atoms with Crippen molar-refractivity contribution in [2.24, 2.45) is 5.73 Å². The summed E-state index contributed by atoms with van der Waals surface area (Å²) >= 11 is 1.56. The van der Waals surface area contributed by atoms with Crippen LogP contribution in [0.1, 0.15) is 11.1 Å². The number of nitrogens with zero attached hydrogens (tertiary/aromatic N) is 2. The second-order valence-electron chi connectivity index (χ2n) is 3.77. The molecule has 0 aliphatic rings. The molecule has 1 aromatic heterocycles. The maximum atomic E-state index is 7.46. The number of thioether (sulfide) groups is 1. The Hall–Kier alpha value is -2.08. The minimum atomic E-state index is 0.0494. The number of aromatic nitrogens is 2. The molecule has 0 aliphatic carbocycles. The normalized spacial score (nSPS) is 10.2. The number of hydrogen-bond donors (Lipinski definition) is 2. The van der Waals surface area contributed by atoms with Gasteiger partial charge in [-0.3, -0.25) is 10.4 Å². The molecule has 0 saturated carbocycles. The number of hydrogen-bond acceptors (Lipinski definition) is 5. The fourth-order valence-corrected chi connectivity index (χ4v) is 2.37. The molecule has 5 nitrogen and oxygen atoms in total. The van der Waals surface area contributed by atoms with E-state index in [1.807, 2.05) is 12.1 Å². The van der Waals surface area contributed by atoms with Crippen molar-refractivity contribution in [2.45, 2.75) is 10.8 Å². The zero-order valence-electron chi connectivity index (χ0n) is 10.5. The molecule has 0 atom stereocenters. The summed E-state index contributed by atoms with van der Waals surface area (Å²) < 4.78 is 5.31. The molecule has 0 spiro atoms. The van der Waals surface area contributed by atoms with E-state index in [-0.39, 0.29) is 5.84 Å². The molecule has 1 aromatic carbocycles. The fraction of sp³-hybridized carbons (Fsp3) is 0.154. The lowest BCUT2D eigenvalue weighted by molar-refractivity contribution is 0.411. The Labute approximate surface area is 115 Å². The number of rotatable bonds is 5. The molecule has 0 unspecified atom stereocenters. The third-order valence-electron chi connectivity index (χ3n) is 2.51. The predicted octanol–water partition coefficient (Wildman–Crippen LogP) is 2.06. The standard InChI is InChI=1S/C13H14N4OS/c1-18-11-3-2-9(13(14)15)6-10(11)8-19-12-7-16-4-5-17-12/h2-7H,8H2,1H3,(H3,14,15). The average Bonchev–Trinajstić information content (AvgIpc) is 2.45. The molecule has 2 rings (SSSR count). The number of amidine groups is 1. The van der Waals surface area contributed by atoms with Crippen molar-refractivity contribution < 1.29 is 4.74 Å². The molecule has 0 radical (unpaired) electrons. The van der Waals surface area contributed by atoms with Crippen molar-refractivity contribution in [3.63, 3.8) is 0 Å². The molecule has 0 bridgehead atoms. The van der Waals surface area contributed by atoms with Crippen molar-refractivity contribution in [3.05, 3.63) is 47.9 Å². The van der Waals surface area contributed by atoms with Crippen molar-refractivity contribution in [1.82, 2.24) is 9.97 Å². The molecule has 0 fully saturated rings. The summed E-state index contributed by atoms with van der Waals surface area (Å²) in [5.74, 6) is 1.51. The van der Waals surface area contributed by atoms with Gasteiger partial charge in [-0.1, -0.05) is 11.8 Å². The average molecular weight is 274 g/mol. The SMILES string of the molecule is COc1ccc(C(=N)N)cc1CSc1cnccn1. The summed E-state index contributed by atoms with van der Waals surface area (Å²) in [4.78, 5) is 8.22. The molecule has 98 valence electrons. The van der Waals surface area contributed by atoms with Gasteiger partial charge < -0.3 is 10.5 Å². The summed E-state index contributed by atoms with van der Waals surface area (Å²) in [6.07, 6.45) is 5.01. The summed E-state index contributed by atoms with van der Waals surface area (Å²) in [6, 6.07) is 5.46. The highest BCUT2D eigenvalue weighted by molar-refractivity contribution is 7.98. The second-order valence-corrected chi connectivity index (χ2v) is 4.77. The molecule has 0 saturated heterocycles. The number of nitrogens with two attached hydrogens (primary N) is 1. The highest BCUT2D eigenvalue weighted by Gasteiger charge is 2.07. The predicted molar refractivity (Wildman–Crippen MR) is 75.6 cm³/mol. The van der Waals surface area contributed by atoms with Gasteiger partial charge in [0.2, 0.25) is 0 Å². The van der Waals surface area contributed by atoms with E-state index in [1.54, 1.807) is 43.5 Å². The van der Waals surface area contributed by atoms with Crippen LogP contribution >= 0.6 is 11.8 Å². The zero-order valence-corrected chi connectivity index (χ0v) is 11.3. The lowest BCUT2D eigenvalue weighted by Gasteiger charge is -2.09. The first-order chi connectivity index (χ1) is 9.20. The first-order valence-electron chi connectivity index (χ1n) is 5.61. The highest BCUT2D eigenvalue weighted by Crippen LogP contribution is 2.27. The van der Waals surface area contributed by atoms with Crippen LogP contribution in [0.15, 0.2) is 41.8 Å². The van der Waals surface area contributed by atoms with E-state index >= 15 is 0 Å². The minimum Gasteiger partial charge on any atom is -0.496 e. The number of methoxy groups -OCH3 is 1. The molecule has 0 amide bonds. The molecule has 2 aromatic rings. The van der Waals surface area contributed by atoms with Gasteiger partial charge >= 0.3 is 0 Å². The Morgan fingerprint density at radius 3 is 2.89 bits per heavy atom. The summed E-state index contributed by atoms with van der Waals surface area (Å²) in [6.45, 7) is 0. The summed E-state index contributed by atoms with van der Waals surface area (Å²) in [5.41, 5.74) is 7.16.